The molecule has 0 saturated heterocycles. The van der Waals surface area contributed by atoms with Crippen LogP contribution in [0.4, 0.5) is 17.1 Å². The molecule has 10 rings (SSSR count). The second kappa shape index (κ2) is 19.7. The maximum atomic E-state index is 9.03. The summed E-state index contributed by atoms with van der Waals surface area (Å²) in [4.78, 5) is 7.09. The number of aryl methyl sites for hydroxylation is 1. The number of pyridine rings is 1. The van der Waals surface area contributed by atoms with Crippen LogP contribution in [-0.4, -0.2) is 17.6 Å². The van der Waals surface area contributed by atoms with E-state index in [2.05, 4.69) is 183 Å². The summed E-state index contributed by atoms with van der Waals surface area (Å²) in [6, 6.07) is 52.5. The number of fused-ring (bicyclic) bond motifs is 4. The third-order valence-electron chi connectivity index (χ3n) is 12.9. The van der Waals surface area contributed by atoms with Gasteiger partial charge in [-0.2, -0.15) is 23.8 Å². The van der Waals surface area contributed by atoms with Crippen LogP contribution in [0.1, 0.15) is 112 Å². The van der Waals surface area contributed by atoms with Gasteiger partial charge in [-0.05, 0) is 82.0 Å². The second-order valence-corrected chi connectivity index (χ2v) is 24.2. The van der Waals surface area contributed by atoms with Gasteiger partial charge in [-0.1, -0.05) is 176 Å². The van der Waals surface area contributed by atoms with Crippen molar-refractivity contribution in [2.24, 2.45) is 5.92 Å². The van der Waals surface area contributed by atoms with E-state index in [0.717, 1.165) is 64.6 Å². The molecule has 2 aromatic heterocycles. The number of benzene rings is 6. The van der Waals surface area contributed by atoms with Gasteiger partial charge in [0.2, 0.25) is 0 Å². The number of hydrogen-bond acceptors (Lipinski definition) is 2. The van der Waals surface area contributed by atoms with Gasteiger partial charge in [0.1, 0.15) is 0 Å². The summed E-state index contributed by atoms with van der Waals surface area (Å²) >= 11 is 0. The maximum absolute atomic E-state index is 9.03. The largest absolute Gasteiger partial charge is 3.00 e. The van der Waals surface area contributed by atoms with E-state index in [1.165, 1.54) is 45.6 Å². The third-order valence-corrected chi connectivity index (χ3v) is 14.9. The summed E-state index contributed by atoms with van der Waals surface area (Å²) < 4.78 is 43.0. The van der Waals surface area contributed by atoms with Crippen molar-refractivity contribution in [3.8, 4) is 16.9 Å². The summed E-state index contributed by atoms with van der Waals surface area (Å²) in [5, 5.41) is 8.85. The fraction of sp³-hybridized carbons (Fsp3) is 0.305. The quantitative estimate of drug-likeness (QED) is 0.107. The molecule has 2 aliphatic rings. The zero-order valence-corrected chi connectivity index (χ0v) is 42.1. The minimum absolute atomic E-state index is 0. The Morgan fingerprint density at radius 1 is 0.754 bits per heavy atom. The molecule has 0 bridgehead atoms. The zero-order valence-electron chi connectivity index (χ0n) is 43.7. The fourth-order valence-corrected chi connectivity index (χ4v) is 11.0. The van der Waals surface area contributed by atoms with Crippen LogP contribution in [0.5, 0.6) is 0 Å². The molecule has 1 aliphatic carbocycles. The van der Waals surface area contributed by atoms with Gasteiger partial charge in [-0.25, -0.2) is 0 Å². The summed E-state index contributed by atoms with van der Waals surface area (Å²) in [5.41, 5.74) is 13.1. The molecule has 0 N–H and O–H groups in total. The summed E-state index contributed by atoms with van der Waals surface area (Å²) in [7, 11) is -1.80. The van der Waals surface area contributed by atoms with Gasteiger partial charge in [0.15, 0.2) is 0 Å². The van der Waals surface area contributed by atoms with E-state index >= 15 is 0 Å². The van der Waals surface area contributed by atoms with Gasteiger partial charge in [-0.15, -0.1) is 46.5 Å². The van der Waals surface area contributed by atoms with E-state index in [9.17, 15) is 0 Å². The number of hydrogen-bond donors (Lipinski definition) is 0. The number of anilines is 2. The first kappa shape index (κ1) is 40.0. The van der Waals surface area contributed by atoms with Gasteiger partial charge >= 0.3 is 20.1 Å². The Kier molecular flexibility index (Phi) is 12.1. The molecule has 332 valence electrons. The average Bonchev–Trinajstić information content (AvgIpc) is 3.89. The molecule has 1 unspecified atom stereocenters. The van der Waals surface area contributed by atoms with Crippen LogP contribution in [0.15, 0.2) is 140 Å². The smallest absolute Gasteiger partial charge is 0.661 e. The van der Waals surface area contributed by atoms with Crippen molar-refractivity contribution in [3.05, 3.63) is 185 Å². The van der Waals surface area contributed by atoms with Crippen molar-refractivity contribution < 1.29 is 27.0 Å². The van der Waals surface area contributed by atoms with Gasteiger partial charge in [0, 0.05) is 35.6 Å². The molecule has 1 saturated carbocycles. The molecule has 65 heavy (non-hydrogen) atoms. The van der Waals surface area contributed by atoms with Crippen LogP contribution in [0.25, 0.3) is 44.1 Å². The van der Waals surface area contributed by atoms with Gasteiger partial charge < -0.3 is 19.8 Å². The molecule has 1 fully saturated rings. The van der Waals surface area contributed by atoms with Crippen LogP contribution in [0.2, 0.25) is 19.6 Å². The van der Waals surface area contributed by atoms with Crippen LogP contribution in [0, 0.1) is 24.9 Å². The Morgan fingerprint density at radius 3 is 2.15 bits per heavy atom. The van der Waals surface area contributed by atoms with Gasteiger partial charge in [0.25, 0.3) is 0 Å². The zero-order chi connectivity index (χ0) is 48.8. The second-order valence-electron chi connectivity index (χ2n) is 19.2. The van der Waals surface area contributed by atoms with Crippen LogP contribution < -0.4 is 10.1 Å². The molecular formula is C59H63IrN4Si. The van der Waals surface area contributed by atoms with Gasteiger partial charge in [0.05, 0.1) is 8.07 Å². The first-order chi connectivity index (χ1) is 32.9. The van der Waals surface area contributed by atoms with E-state index in [1.54, 1.807) is 12.1 Å². The van der Waals surface area contributed by atoms with Crippen molar-refractivity contribution in [1.82, 2.24) is 9.55 Å². The fourth-order valence-electron chi connectivity index (χ4n) is 9.64. The van der Waals surface area contributed by atoms with Crippen LogP contribution in [-0.2, 0) is 26.5 Å². The summed E-state index contributed by atoms with van der Waals surface area (Å²) in [6.07, 6.45) is 5.49. The van der Waals surface area contributed by atoms with Crippen molar-refractivity contribution in [3.63, 3.8) is 0 Å². The predicted octanol–water partition coefficient (Wildman–Crippen LogP) is 16.2. The Morgan fingerprint density at radius 2 is 1.46 bits per heavy atom. The Bertz CT molecular complexity index is 3070. The monoisotopic (exact) mass is 1050 g/mol. The molecule has 0 spiro atoms. The van der Waals surface area contributed by atoms with Gasteiger partial charge in [-0.3, -0.25) is 0 Å². The first-order valence-corrected chi connectivity index (χ1v) is 26.7. The molecule has 6 heteroatoms. The van der Waals surface area contributed by atoms with E-state index in [-0.39, 0.29) is 37.8 Å². The molecule has 8 aromatic rings. The molecular weight excluding hydrogens is 985 g/mol. The van der Waals surface area contributed by atoms with Crippen molar-refractivity contribution in [1.29, 1.82) is 0 Å². The normalized spacial score (nSPS) is 16.7. The molecule has 0 amide bonds. The molecule has 6 aromatic carbocycles. The minimum Gasteiger partial charge on any atom is -0.661 e. The standard InChI is InChI=1S/C37H33N3.C22H30NSi.Ir/c1-24(2)28-16-12-17-29(25(3)4)36(28)40-35-20-11-9-18-32(35)38-37(40)26-21-22-34-31(23-26)30-15-8-10-19-33(30)39(34)27-13-6-5-7-14-27;1-17-10-12-19(13-11-17)21-15-20(14-18-8-6-5-7-9-18)22(16-23-21)24(2,3)4;/h5-20,22-25,37H,1-4H3;10-12,15-16,18H,5-9,14H2,1-4H3;/q-2;-1;+3/i;1D3,14D2;. The topological polar surface area (TPSA) is 35.2 Å². The molecule has 3 heterocycles. The van der Waals surface area contributed by atoms with Crippen molar-refractivity contribution in [2.45, 2.75) is 111 Å². The van der Waals surface area contributed by atoms with E-state index in [1.807, 2.05) is 12.3 Å². The number of aromatic nitrogens is 2. The number of para-hydroxylation sites is 5. The average molecular weight is 1050 g/mol. The Hall–Kier alpha value is -5.26. The molecule has 1 aliphatic heterocycles. The van der Waals surface area contributed by atoms with E-state index in [4.69, 9.17) is 12.2 Å². The van der Waals surface area contributed by atoms with Crippen LogP contribution >= 0.6 is 0 Å². The van der Waals surface area contributed by atoms with E-state index in [0.29, 0.717) is 23.1 Å². The van der Waals surface area contributed by atoms with Crippen molar-refractivity contribution in [2.75, 3.05) is 4.90 Å². The molecule has 0 radical (unpaired) electrons. The minimum atomic E-state index is -2.16. The third kappa shape index (κ3) is 9.55. The van der Waals surface area contributed by atoms with Crippen LogP contribution in [0.3, 0.4) is 0 Å². The van der Waals surface area contributed by atoms with E-state index < -0.39 is 21.3 Å². The summed E-state index contributed by atoms with van der Waals surface area (Å²) in [6.45, 7) is 13.7. The Balaban J connectivity index is 0.000000196. The summed E-state index contributed by atoms with van der Waals surface area (Å²) in [5.74, 6) is 0.804. The van der Waals surface area contributed by atoms with Crippen molar-refractivity contribution >= 4 is 52.1 Å². The molecule has 4 nitrogen and oxygen atoms in total. The number of nitrogens with zero attached hydrogens (tertiary/aromatic N) is 4. The predicted molar refractivity (Wildman–Crippen MR) is 275 cm³/mol. The number of rotatable bonds is 9. The Labute approximate surface area is 409 Å². The first-order valence-electron chi connectivity index (χ1n) is 25.7. The maximum Gasteiger partial charge on any atom is 3.00 e. The SMILES string of the molecule is CC(C)c1cccc(C(C)C)c1N1c2ccccc2[N-]C1c1[c-]cc2c(c1)c1ccccc1n2-c1ccccc1.[2H]C([2H])([2H])c1c[c-]c(-c2cc(C([2H])([2H])C3CCCCC3)c([Si](C)(C)C)cn2)cc1.[Ir+3]. The molecule has 1 atom stereocenters.